The molecule has 0 amide bonds. The van der Waals surface area contributed by atoms with Gasteiger partial charge in [0.05, 0.1) is 33.0 Å². The third-order valence-corrected chi connectivity index (χ3v) is 4.48. The summed E-state index contributed by atoms with van der Waals surface area (Å²) in [6.07, 6.45) is 0. The summed E-state index contributed by atoms with van der Waals surface area (Å²) >= 11 is 6.12. The van der Waals surface area contributed by atoms with Crippen molar-refractivity contribution in [2.75, 3.05) is 0 Å². The fraction of sp³-hybridized carbons (Fsp3) is 0.158. The Hall–Kier alpha value is -3.37. The van der Waals surface area contributed by atoms with E-state index in [9.17, 15) is 10.1 Å². The van der Waals surface area contributed by atoms with Gasteiger partial charge in [-0.3, -0.25) is 10.1 Å². The Labute approximate surface area is 160 Å². The van der Waals surface area contributed by atoms with Crippen LogP contribution in [0.1, 0.15) is 22.5 Å². The maximum Gasteiger partial charge on any atom is 0.273 e. The first-order valence-corrected chi connectivity index (χ1v) is 8.41. The molecule has 7 nitrogen and oxygen atoms in total. The van der Waals surface area contributed by atoms with Crippen molar-refractivity contribution in [3.8, 4) is 17.5 Å². The predicted octanol–water partition coefficient (Wildman–Crippen LogP) is 4.50. The predicted molar refractivity (Wildman–Crippen MR) is 100 cm³/mol. The third kappa shape index (κ3) is 3.76. The summed E-state index contributed by atoms with van der Waals surface area (Å²) in [4.78, 5) is 10.4. The number of benzene rings is 2. The lowest BCUT2D eigenvalue weighted by atomic mass is 10.2. The first-order valence-electron chi connectivity index (χ1n) is 8.03. The largest absolute Gasteiger partial charge is 0.489 e. The number of nitro benzene ring substituents is 1. The molecule has 0 aliphatic carbocycles. The van der Waals surface area contributed by atoms with Gasteiger partial charge in [0.1, 0.15) is 18.4 Å². The van der Waals surface area contributed by atoms with Crippen molar-refractivity contribution in [1.82, 2.24) is 9.78 Å². The number of halogens is 1. The first kappa shape index (κ1) is 18.4. The van der Waals surface area contributed by atoms with Crippen molar-refractivity contribution in [3.05, 3.63) is 80.1 Å². The van der Waals surface area contributed by atoms with E-state index in [0.29, 0.717) is 16.3 Å². The summed E-state index contributed by atoms with van der Waals surface area (Å²) in [5.41, 5.74) is 3.63. The molecular weight excluding hydrogens is 368 g/mol. The quantitative estimate of drug-likeness (QED) is 0.478. The minimum absolute atomic E-state index is 0.0242. The number of ether oxygens (including phenoxy) is 1. The van der Waals surface area contributed by atoms with Gasteiger partial charge in [0.2, 0.25) is 0 Å². The summed E-state index contributed by atoms with van der Waals surface area (Å²) in [5, 5.41) is 24.8. The van der Waals surface area contributed by atoms with E-state index in [2.05, 4.69) is 5.10 Å². The van der Waals surface area contributed by atoms with Gasteiger partial charge in [-0.1, -0.05) is 17.7 Å². The Bertz CT molecular complexity index is 1070. The molecule has 0 spiro atoms. The second-order valence-corrected chi connectivity index (χ2v) is 6.29. The Kier molecular flexibility index (Phi) is 5.10. The lowest BCUT2D eigenvalue weighted by Gasteiger charge is -2.08. The number of nitrogens with zero attached hydrogens (tertiary/aromatic N) is 4. The smallest absolute Gasteiger partial charge is 0.273 e. The van der Waals surface area contributed by atoms with Gasteiger partial charge in [-0.15, -0.1) is 0 Å². The van der Waals surface area contributed by atoms with E-state index in [4.69, 9.17) is 21.6 Å². The molecule has 1 heterocycles. The number of aryl methyl sites for hydroxylation is 1. The van der Waals surface area contributed by atoms with E-state index >= 15 is 0 Å². The molecule has 8 heteroatoms. The van der Waals surface area contributed by atoms with Crippen LogP contribution in [-0.4, -0.2) is 14.7 Å². The zero-order valence-electron chi connectivity index (χ0n) is 14.6. The zero-order chi connectivity index (χ0) is 19.6. The Morgan fingerprint density at radius 1 is 1.30 bits per heavy atom. The van der Waals surface area contributed by atoms with Crippen LogP contribution < -0.4 is 4.74 Å². The maximum absolute atomic E-state index is 10.9. The van der Waals surface area contributed by atoms with Gasteiger partial charge in [-0.25, -0.2) is 4.68 Å². The lowest BCUT2D eigenvalue weighted by molar-refractivity contribution is -0.384. The average Bonchev–Trinajstić information content (AvgIpc) is 2.94. The third-order valence-electron chi connectivity index (χ3n) is 4.17. The second-order valence-electron chi connectivity index (χ2n) is 5.88. The molecule has 2 aromatic carbocycles. The van der Waals surface area contributed by atoms with Crippen LogP contribution in [0.25, 0.3) is 5.69 Å². The SMILES string of the molecule is Cc1nn(-c2ccc(C#N)c(Cl)c2)c(C)c1COc1cccc([N+](=O)[O-])c1. The molecule has 0 bridgehead atoms. The number of hydrogen-bond acceptors (Lipinski definition) is 5. The Morgan fingerprint density at radius 2 is 2.07 bits per heavy atom. The van der Waals surface area contributed by atoms with E-state index < -0.39 is 4.92 Å². The molecular formula is C19H15ClN4O3. The van der Waals surface area contributed by atoms with Gasteiger partial charge in [-0.2, -0.15) is 10.4 Å². The van der Waals surface area contributed by atoms with E-state index in [0.717, 1.165) is 22.6 Å². The molecule has 0 saturated carbocycles. The summed E-state index contributed by atoms with van der Waals surface area (Å²) in [6, 6.07) is 13.2. The van der Waals surface area contributed by atoms with Crippen molar-refractivity contribution in [1.29, 1.82) is 5.26 Å². The van der Waals surface area contributed by atoms with E-state index in [1.165, 1.54) is 12.1 Å². The maximum atomic E-state index is 10.9. The monoisotopic (exact) mass is 382 g/mol. The molecule has 0 N–H and O–H groups in total. The number of aromatic nitrogens is 2. The van der Waals surface area contributed by atoms with Gasteiger partial charge >= 0.3 is 0 Å². The standard InChI is InChI=1S/C19H15ClN4O3/c1-12-18(11-27-17-5-3-4-16(8-17)24(25)26)13(2)23(22-12)15-7-6-14(10-21)19(20)9-15/h3-9H,11H2,1-2H3. The summed E-state index contributed by atoms with van der Waals surface area (Å²) in [7, 11) is 0. The summed E-state index contributed by atoms with van der Waals surface area (Å²) in [5.74, 6) is 0.414. The van der Waals surface area contributed by atoms with E-state index in [-0.39, 0.29) is 12.3 Å². The van der Waals surface area contributed by atoms with Crippen LogP contribution in [0.5, 0.6) is 5.75 Å². The van der Waals surface area contributed by atoms with Crippen molar-refractivity contribution >= 4 is 17.3 Å². The molecule has 3 rings (SSSR count). The molecule has 136 valence electrons. The first-order chi connectivity index (χ1) is 12.9. The molecule has 0 saturated heterocycles. The van der Waals surface area contributed by atoms with E-state index in [1.807, 2.05) is 19.9 Å². The fourth-order valence-corrected chi connectivity index (χ4v) is 2.92. The van der Waals surface area contributed by atoms with Gasteiger partial charge in [0.25, 0.3) is 5.69 Å². The van der Waals surface area contributed by atoms with Crippen molar-refractivity contribution in [2.45, 2.75) is 20.5 Å². The normalized spacial score (nSPS) is 10.4. The summed E-state index contributed by atoms with van der Waals surface area (Å²) < 4.78 is 7.46. The number of nitriles is 1. The number of non-ortho nitro benzene ring substituents is 1. The minimum Gasteiger partial charge on any atom is -0.489 e. The number of nitro groups is 1. The molecule has 0 unspecified atom stereocenters. The molecule has 0 radical (unpaired) electrons. The molecule has 3 aromatic rings. The highest BCUT2D eigenvalue weighted by molar-refractivity contribution is 6.31. The van der Waals surface area contributed by atoms with Crippen LogP contribution in [-0.2, 0) is 6.61 Å². The minimum atomic E-state index is -0.462. The highest BCUT2D eigenvalue weighted by Gasteiger charge is 2.15. The fourth-order valence-electron chi connectivity index (χ4n) is 2.70. The van der Waals surface area contributed by atoms with Crippen LogP contribution in [0.3, 0.4) is 0 Å². The highest BCUT2D eigenvalue weighted by Crippen LogP contribution is 2.25. The average molecular weight is 383 g/mol. The van der Waals surface area contributed by atoms with Crippen LogP contribution in [0.2, 0.25) is 5.02 Å². The Morgan fingerprint density at radius 3 is 2.74 bits per heavy atom. The molecule has 27 heavy (non-hydrogen) atoms. The molecule has 0 aliphatic rings. The lowest BCUT2D eigenvalue weighted by Crippen LogP contribution is -2.02. The van der Waals surface area contributed by atoms with Crippen molar-refractivity contribution in [2.24, 2.45) is 0 Å². The van der Waals surface area contributed by atoms with Crippen molar-refractivity contribution < 1.29 is 9.66 Å². The zero-order valence-corrected chi connectivity index (χ0v) is 15.4. The topological polar surface area (TPSA) is 94.0 Å². The molecule has 0 fully saturated rings. The van der Waals surface area contributed by atoms with Crippen LogP contribution in [0.4, 0.5) is 5.69 Å². The number of rotatable bonds is 5. The van der Waals surface area contributed by atoms with Gasteiger partial charge in [0.15, 0.2) is 0 Å². The van der Waals surface area contributed by atoms with Gasteiger partial charge < -0.3 is 4.74 Å². The Balaban J connectivity index is 1.86. The van der Waals surface area contributed by atoms with Crippen LogP contribution >= 0.6 is 11.6 Å². The van der Waals surface area contributed by atoms with Gasteiger partial charge in [0, 0.05) is 17.3 Å². The summed E-state index contributed by atoms with van der Waals surface area (Å²) in [6.45, 7) is 3.99. The number of hydrogen-bond donors (Lipinski definition) is 0. The van der Waals surface area contributed by atoms with Gasteiger partial charge in [-0.05, 0) is 38.1 Å². The second kappa shape index (κ2) is 7.48. The van der Waals surface area contributed by atoms with E-state index in [1.54, 1.807) is 35.0 Å². The molecule has 0 aliphatic heterocycles. The highest BCUT2D eigenvalue weighted by atomic mass is 35.5. The van der Waals surface area contributed by atoms with Crippen molar-refractivity contribution in [3.63, 3.8) is 0 Å². The molecule has 1 aromatic heterocycles. The van der Waals surface area contributed by atoms with Crippen LogP contribution in [0.15, 0.2) is 42.5 Å². The molecule has 0 atom stereocenters. The van der Waals surface area contributed by atoms with Crippen LogP contribution in [0, 0.1) is 35.3 Å².